The highest BCUT2D eigenvalue weighted by atomic mass is 15.1. The van der Waals surface area contributed by atoms with Gasteiger partial charge in [0.05, 0.1) is 5.52 Å². The van der Waals surface area contributed by atoms with Crippen LogP contribution in [0.1, 0.15) is 43.1 Å². The van der Waals surface area contributed by atoms with Gasteiger partial charge in [-0.05, 0) is 37.5 Å². The number of para-hydroxylation sites is 1. The van der Waals surface area contributed by atoms with Crippen molar-refractivity contribution in [1.82, 2.24) is 9.97 Å². The SMILES string of the molecule is C[C@@H](Nc1nc(C2CC2)nc2ccccc12)c1ccccc1. The Balaban J connectivity index is 1.73. The van der Waals surface area contributed by atoms with Gasteiger partial charge >= 0.3 is 0 Å². The van der Waals surface area contributed by atoms with Gasteiger partial charge in [0.15, 0.2) is 0 Å². The fraction of sp³-hybridized carbons (Fsp3) is 0.263. The van der Waals surface area contributed by atoms with Crippen molar-refractivity contribution in [3.63, 3.8) is 0 Å². The zero-order valence-electron chi connectivity index (χ0n) is 12.7. The van der Waals surface area contributed by atoms with E-state index < -0.39 is 0 Å². The van der Waals surface area contributed by atoms with E-state index in [-0.39, 0.29) is 6.04 Å². The molecule has 1 heterocycles. The Kier molecular flexibility index (Phi) is 3.26. The molecule has 1 atom stereocenters. The maximum atomic E-state index is 4.81. The Labute approximate surface area is 130 Å². The summed E-state index contributed by atoms with van der Waals surface area (Å²) in [4.78, 5) is 9.53. The van der Waals surface area contributed by atoms with Gasteiger partial charge in [-0.25, -0.2) is 9.97 Å². The van der Waals surface area contributed by atoms with Gasteiger partial charge in [-0.2, -0.15) is 0 Å². The number of anilines is 1. The van der Waals surface area contributed by atoms with Crippen molar-refractivity contribution >= 4 is 16.7 Å². The maximum Gasteiger partial charge on any atom is 0.138 e. The monoisotopic (exact) mass is 289 g/mol. The first-order valence-electron chi connectivity index (χ1n) is 7.89. The number of rotatable bonds is 4. The van der Waals surface area contributed by atoms with Gasteiger partial charge in [0.2, 0.25) is 0 Å². The molecule has 2 aromatic carbocycles. The van der Waals surface area contributed by atoms with Crippen LogP contribution < -0.4 is 5.32 Å². The molecule has 0 aliphatic heterocycles. The van der Waals surface area contributed by atoms with Crippen LogP contribution >= 0.6 is 0 Å². The lowest BCUT2D eigenvalue weighted by Crippen LogP contribution is -2.10. The topological polar surface area (TPSA) is 37.8 Å². The summed E-state index contributed by atoms with van der Waals surface area (Å²) in [7, 11) is 0. The van der Waals surface area contributed by atoms with E-state index in [0.717, 1.165) is 22.5 Å². The second kappa shape index (κ2) is 5.41. The highest BCUT2D eigenvalue weighted by Gasteiger charge is 2.27. The predicted octanol–water partition coefficient (Wildman–Crippen LogP) is 4.68. The minimum atomic E-state index is 0.214. The van der Waals surface area contributed by atoms with Crippen molar-refractivity contribution < 1.29 is 0 Å². The lowest BCUT2D eigenvalue weighted by atomic mass is 10.1. The standard InChI is InChI=1S/C19H19N3/c1-13(14-7-3-2-4-8-14)20-19-16-9-5-6-10-17(16)21-18(22-19)15-11-12-15/h2-10,13,15H,11-12H2,1H3,(H,20,21,22)/t13-/m1/s1. The number of nitrogens with one attached hydrogen (secondary N) is 1. The highest BCUT2D eigenvalue weighted by Crippen LogP contribution is 2.39. The van der Waals surface area contributed by atoms with E-state index in [4.69, 9.17) is 9.97 Å². The molecule has 0 unspecified atom stereocenters. The van der Waals surface area contributed by atoms with Crippen LogP contribution in [0.5, 0.6) is 0 Å². The number of benzene rings is 2. The highest BCUT2D eigenvalue weighted by molar-refractivity contribution is 5.89. The van der Waals surface area contributed by atoms with Crippen LogP contribution in [0.25, 0.3) is 10.9 Å². The molecule has 110 valence electrons. The number of aromatic nitrogens is 2. The quantitative estimate of drug-likeness (QED) is 0.757. The number of fused-ring (bicyclic) bond motifs is 1. The molecule has 0 spiro atoms. The van der Waals surface area contributed by atoms with Crippen molar-refractivity contribution in [2.75, 3.05) is 5.32 Å². The summed E-state index contributed by atoms with van der Waals surface area (Å²) in [6.07, 6.45) is 2.43. The van der Waals surface area contributed by atoms with Gasteiger partial charge in [-0.3, -0.25) is 0 Å². The van der Waals surface area contributed by atoms with E-state index in [1.54, 1.807) is 0 Å². The first-order valence-corrected chi connectivity index (χ1v) is 7.89. The molecule has 3 heteroatoms. The maximum absolute atomic E-state index is 4.81. The molecule has 0 amide bonds. The zero-order valence-corrected chi connectivity index (χ0v) is 12.7. The number of hydrogen-bond acceptors (Lipinski definition) is 3. The summed E-state index contributed by atoms with van der Waals surface area (Å²) in [5, 5.41) is 4.67. The van der Waals surface area contributed by atoms with Crippen molar-refractivity contribution in [3.8, 4) is 0 Å². The molecule has 1 fully saturated rings. The minimum absolute atomic E-state index is 0.214. The van der Waals surface area contributed by atoms with E-state index in [1.165, 1.54) is 18.4 Å². The third-order valence-corrected chi connectivity index (χ3v) is 4.22. The largest absolute Gasteiger partial charge is 0.363 e. The van der Waals surface area contributed by atoms with Gasteiger partial charge in [-0.1, -0.05) is 42.5 Å². The van der Waals surface area contributed by atoms with E-state index in [2.05, 4.69) is 48.6 Å². The first-order chi connectivity index (χ1) is 10.8. The summed E-state index contributed by atoms with van der Waals surface area (Å²) >= 11 is 0. The minimum Gasteiger partial charge on any atom is -0.363 e. The van der Waals surface area contributed by atoms with Crippen molar-refractivity contribution in [2.24, 2.45) is 0 Å². The molecule has 0 radical (unpaired) electrons. The third-order valence-electron chi connectivity index (χ3n) is 4.22. The number of nitrogens with zero attached hydrogens (tertiary/aromatic N) is 2. The van der Waals surface area contributed by atoms with Gasteiger partial charge in [0, 0.05) is 17.3 Å². The molecule has 1 aliphatic rings. The van der Waals surface area contributed by atoms with Crippen molar-refractivity contribution in [1.29, 1.82) is 0 Å². The molecule has 1 aliphatic carbocycles. The molecule has 1 N–H and O–H groups in total. The van der Waals surface area contributed by atoms with E-state index in [1.807, 2.05) is 18.2 Å². The van der Waals surface area contributed by atoms with Gasteiger partial charge < -0.3 is 5.32 Å². The second-order valence-electron chi connectivity index (χ2n) is 6.00. The molecule has 0 saturated heterocycles. The second-order valence-corrected chi connectivity index (χ2v) is 6.00. The van der Waals surface area contributed by atoms with E-state index in [0.29, 0.717) is 5.92 Å². The average Bonchev–Trinajstić information content (AvgIpc) is 3.40. The van der Waals surface area contributed by atoms with Gasteiger partial charge in [0.1, 0.15) is 11.6 Å². The Morgan fingerprint density at radius 1 is 0.955 bits per heavy atom. The summed E-state index contributed by atoms with van der Waals surface area (Å²) in [5.41, 5.74) is 2.29. The summed E-state index contributed by atoms with van der Waals surface area (Å²) in [6, 6.07) is 18.9. The normalized spacial score (nSPS) is 15.7. The van der Waals surface area contributed by atoms with Gasteiger partial charge in [-0.15, -0.1) is 0 Å². The lowest BCUT2D eigenvalue weighted by molar-refractivity contribution is 0.862. The number of hydrogen-bond donors (Lipinski definition) is 1. The molecule has 22 heavy (non-hydrogen) atoms. The average molecular weight is 289 g/mol. The fourth-order valence-corrected chi connectivity index (χ4v) is 2.76. The van der Waals surface area contributed by atoms with Crippen LogP contribution in [0.15, 0.2) is 54.6 Å². The van der Waals surface area contributed by atoms with Crippen molar-refractivity contribution in [3.05, 3.63) is 66.0 Å². The fourth-order valence-electron chi connectivity index (χ4n) is 2.76. The summed E-state index contributed by atoms with van der Waals surface area (Å²) < 4.78 is 0. The third kappa shape index (κ3) is 2.54. The summed E-state index contributed by atoms with van der Waals surface area (Å²) in [6.45, 7) is 2.17. The molecular formula is C19H19N3. The van der Waals surface area contributed by atoms with E-state index in [9.17, 15) is 0 Å². The van der Waals surface area contributed by atoms with Crippen LogP contribution in [0.3, 0.4) is 0 Å². The Bertz CT molecular complexity index is 794. The van der Waals surface area contributed by atoms with Crippen molar-refractivity contribution in [2.45, 2.75) is 31.7 Å². The van der Waals surface area contributed by atoms with Crippen LogP contribution in [-0.2, 0) is 0 Å². The Morgan fingerprint density at radius 3 is 2.45 bits per heavy atom. The van der Waals surface area contributed by atoms with Crippen LogP contribution in [0.2, 0.25) is 0 Å². The zero-order chi connectivity index (χ0) is 14.9. The molecule has 1 aromatic heterocycles. The predicted molar refractivity (Wildman–Crippen MR) is 90.0 cm³/mol. The van der Waals surface area contributed by atoms with Crippen LogP contribution in [-0.4, -0.2) is 9.97 Å². The summed E-state index contributed by atoms with van der Waals surface area (Å²) in [5.74, 6) is 2.49. The lowest BCUT2D eigenvalue weighted by Gasteiger charge is -2.17. The molecular weight excluding hydrogens is 270 g/mol. The first kappa shape index (κ1) is 13.3. The van der Waals surface area contributed by atoms with Gasteiger partial charge in [0.25, 0.3) is 0 Å². The molecule has 1 saturated carbocycles. The molecule has 3 aromatic rings. The smallest absolute Gasteiger partial charge is 0.138 e. The van der Waals surface area contributed by atoms with E-state index >= 15 is 0 Å². The molecule has 4 rings (SSSR count). The van der Waals surface area contributed by atoms with Crippen LogP contribution in [0.4, 0.5) is 5.82 Å². The Hall–Kier alpha value is -2.42. The molecule has 0 bridgehead atoms. The van der Waals surface area contributed by atoms with Crippen LogP contribution in [0, 0.1) is 0 Å². The molecule has 3 nitrogen and oxygen atoms in total. The Morgan fingerprint density at radius 2 is 1.68 bits per heavy atom.